The summed E-state index contributed by atoms with van der Waals surface area (Å²) < 4.78 is 48.8. The van der Waals surface area contributed by atoms with Gasteiger partial charge in [-0.15, -0.1) is 0 Å². The summed E-state index contributed by atoms with van der Waals surface area (Å²) in [6.45, 7) is -1.01. The van der Waals surface area contributed by atoms with Gasteiger partial charge in [-0.25, -0.2) is 9.18 Å². The Morgan fingerprint density at radius 3 is 2.50 bits per heavy atom. The minimum Gasteiger partial charge on any atom is -0.382 e. The molecular formula is C10H10F4N2O2. The van der Waals surface area contributed by atoms with Crippen LogP contribution in [0.1, 0.15) is 0 Å². The van der Waals surface area contributed by atoms with E-state index < -0.39 is 30.7 Å². The maximum absolute atomic E-state index is 13.1. The van der Waals surface area contributed by atoms with Crippen molar-refractivity contribution in [3.8, 4) is 0 Å². The Labute approximate surface area is 99.6 Å². The Hall–Kier alpha value is -1.83. The second-order valence-corrected chi connectivity index (χ2v) is 3.37. The van der Waals surface area contributed by atoms with Crippen LogP contribution in [-0.2, 0) is 0 Å². The van der Waals surface area contributed by atoms with Gasteiger partial charge in [0.2, 0.25) is 0 Å². The third-order valence-corrected chi connectivity index (χ3v) is 1.96. The van der Waals surface area contributed by atoms with Crippen LogP contribution < -0.4 is 10.6 Å². The lowest BCUT2D eigenvalue weighted by molar-refractivity contribution is -0.201. The first-order valence-corrected chi connectivity index (χ1v) is 4.85. The Morgan fingerprint density at radius 2 is 1.94 bits per heavy atom. The summed E-state index contributed by atoms with van der Waals surface area (Å²) in [7, 11) is 0. The Kier molecular flexibility index (Phi) is 4.49. The van der Waals surface area contributed by atoms with E-state index in [-0.39, 0.29) is 5.69 Å². The maximum atomic E-state index is 13.1. The average Bonchev–Trinajstić information content (AvgIpc) is 2.27. The second-order valence-electron chi connectivity index (χ2n) is 3.37. The molecule has 0 heterocycles. The standard InChI is InChI=1S/C10H10F4N2O2/c11-6-3-1-2-4-7(6)16-9(18)15-5-8(17)10(12,13)14/h1-4,8,17H,5H2,(H2,15,16,18). The van der Waals surface area contributed by atoms with Crippen LogP contribution in [0, 0.1) is 5.82 Å². The minimum absolute atomic E-state index is 0.170. The van der Waals surface area contributed by atoms with Gasteiger partial charge in [0.15, 0.2) is 6.10 Å². The monoisotopic (exact) mass is 266 g/mol. The highest BCUT2D eigenvalue weighted by Gasteiger charge is 2.38. The van der Waals surface area contributed by atoms with E-state index in [1.165, 1.54) is 18.2 Å². The van der Waals surface area contributed by atoms with Gasteiger partial charge in [0.05, 0.1) is 12.2 Å². The molecule has 0 radical (unpaired) electrons. The molecule has 0 aromatic heterocycles. The molecule has 1 aromatic rings. The number of hydrogen-bond donors (Lipinski definition) is 3. The lowest BCUT2D eigenvalue weighted by atomic mass is 10.3. The third-order valence-electron chi connectivity index (χ3n) is 1.96. The zero-order valence-corrected chi connectivity index (χ0v) is 8.96. The van der Waals surface area contributed by atoms with Crippen LogP contribution in [0.5, 0.6) is 0 Å². The number of alkyl halides is 3. The molecule has 0 saturated heterocycles. The molecule has 0 aliphatic heterocycles. The third kappa shape index (κ3) is 4.21. The molecule has 1 unspecified atom stereocenters. The van der Waals surface area contributed by atoms with E-state index in [9.17, 15) is 22.4 Å². The van der Waals surface area contributed by atoms with E-state index in [4.69, 9.17) is 5.11 Å². The topological polar surface area (TPSA) is 61.4 Å². The predicted molar refractivity (Wildman–Crippen MR) is 55.5 cm³/mol. The molecule has 1 aromatic carbocycles. The second kappa shape index (κ2) is 5.67. The largest absolute Gasteiger partial charge is 0.416 e. The number of halogens is 4. The number of anilines is 1. The molecule has 4 nitrogen and oxygen atoms in total. The van der Waals surface area contributed by atoms with Crippen LogP contribution in [0.2, 0.25) is 0 Å². The fourth-order valence-corrected chi connectivity index (χ4v) is 1.03. The lowest BCUT2D eigenvalue weighted by Gasteiger charge is -2.15. The number of aliphatic hydroxyl groups excluding tert-OH is 1. The van der Waals surface area contributed by atoms with Crippen molar-refractivity contribution in [1.29, 1.82) is 0 Å². The number of para-hydroxylation sites is 1. The fraction of sp³-hybridized carbons (Fsp3) is 0.300. The van der Waals surface area contributed by atoms with Crippen LogP contribution >= 0.6 is 0 Å². The molecule has 1 rings (SSSR count). The zero-order valence-electron chi connectivity index (χ0n) is 8.96. The molecule has 3 N–H and O–H groups in total. The van der Waals surface area contributed by atoms with E-state index in [1.807, 2.05) is 5.32 Å². The fourth-order valence-electron chi connectivity index (χ4n) is 1.03. The number of urea groups is 1. The SMILES string of the molecule is O=C(NCC(O)C(F)(F)F)Nc1ccccc1F. The van der Waals surface area contributed by atoms with E-state index in [2.05, 4.69) is 0 Å². The van der Waals surface area contributed by atoms with Gasteiger partial charge in [-0.3, -0.25) is 0 Å². The molecule has 0 fully saturated rings. The molecule has 0 saturated carbocycles. The van der Waals surface area contributed by atoms with Crippen LogP contribution in [0.4, 0.5) is 28.0 Å². The summed E-state index contributed by atoms with van der Waals surface area (Å²) in [5, 5.41) is 12.4. The van der Waals surface area contributed by atoms with Crippen molar-refractivity contribution < 1.29 is 27.5 Å². The van der Waals surface area contributed by atoms with Crippen molar-refractivity contribution in [2.75, 3.05) is 11.9 Å². The number of aliphatic hydroxyl groups is 1. The van der Waals surface area contributed by atoms with Crippen molar-refractivity contribution in [1.82, 2.24) is 5.32 Å². The van der Waals surface area contributed by atoms with Gasteiger partial charge in [0.25, 0.3) is 0 Å². The molecule has 0 aliphatic rings. The van der Waals surface area contributed by atoms with Gasteiger partial charge in [0.1, 0.15) is 5.82 Å². The van der Waals surface area contributed by atoms with Crippen molar-refractivity contribution >= 4 is 11.7 Å². The van der Waals surface area contributed by atoms with Crippen LogP contribution in [0.3, 0.4) is 0 Å². The first kappa shape index (κ1) is 14.2. The van der Waals surface area contributed by atoms with E-state index in [0.717, 1.165) is 6.07 Å². The number of benzene rings is 1. The number of hydrogen-bond acceptors (Lipinski definition) is 2. The Balaban J connectivity index is 2.46. The van der Waals surface area contributed by atoms with E-state index >= 15 is 0 Å². The molecule has 8 heteroatoms. The summed E-state index contributed by atoms with van der Waals surface area (Å²) >= 11 is 0. The quantitative estimate of drug-likeness (QED) is 0.731. The number of carbonyl (C=O) groups is 1. The molecule has 1 atom stereocenters. The first-order valence-electron chi connectivity index (χ1n) is 4.85. The van der Waals surface area contributed by atoms with Gasteiger partial charge in [-0.1, -0.05) is 12.1 Å². The summed E-state index contributed by atoms with van der Waals surface area (Å²) in [4.78, 5) is 11.1. The Bertz CT molecular complexity index is 423. The highest BCUT2D eigenvalue weighted by Crippen LogP contribution is 2.19. The van der Waals surface area contributed by atoms with Crippen molar-refractivity contribution in [2.24, 2.45) is 0 Å². The van der Waals surface area contributed by atoms with Crippen LogP contribution in [0.25, 0.3) is 0 Å². The van der Waals surface area contributed by atoms with Crippen molar-refractivity contribution in [3.63, 3.8) is 0 Å². The highest BCUT2D eigenvalue weighted by atomic mass is 19.4. The molecule has 18 heavy (non-hydrogen) atoms. The normalized spacial score (nSPS) is 12.9. The van der Waals surface area contributed by atoms with Crippen LogP contribution in [0.15, 0.2) is 24.3 Å². The van der Waals surface area contributed by atoms with E-state index in [0.29, 0.717) is 0 Å². The summed E-state index contributed by atoms with van der Waals surface area (Å²) in [5.41, 5.74) is -0.170. The average molecular weight is 266 g/mol. The lowest BCUT2D eigenvalue weighted by Crippen LogP contribution is -2.42. The summed E-state index contributed by atoms with van der Waals surface area (Å²) in [6.07, 6.45) is -7.48. The highest BCUT2D eigenvalue weighted by molar-refractivity contribution is 5.89. The predicted octanol–water partition coefficient (Wildman–Crippen LogP) is 1.87. The van der Waals surface area contributed by atoms with Gasteiger partial charge >= 0.3 is 12.2 Å². The van der Waals surface area contributed by atoms with Crippen molar-refractivity contribution in [2.45, 2.75) is 12.3 Å². The molecular weight excluding hydrogens is 256 g/mol. The first-order chi connectivity index (χ1) is 8.30. The molecule has 100 valence electrons. The van der Waals surface area contributed by atoms with Gasteiger partial charge in [0, 0.05) is 0 Å². The number of nitrogens with one attached hydrogen (secondary N) is 2. The van der Waals surface area contributed by atoms with Crippen molar-refractivity contribution in [3.05, 3.63) is 30.1 Å². The van der Waals surface area contributed by atoms with Crippen LogP contribution in [-0.4, -0.2) is 30.0 Å². The Morgan fingerprint density at radius 1 is 1.33 bits per heavy atom. The molecule has 0 bridgehead atoms. The van der Waals surface area contributed by atoms with Gasteiger partial charge in [-0.2, -0.15) is 13.2 Å². The number of carbonyl (C=O) groups excluding carboxylic acids is 1. The number of amides is 2. The summed E-state index contributed by atoms with van der Waals surface area (Å²) in [5.74, 6) is -0.719. The zero-order chi connectivity index (χ0) is 13.8. The number of rotatable bonds is 3. The minimum atomic E-state index is -4.81. The maximum Gasteiger partial charge on any atom is 0.416 e. The molecule has 0 aliphatic carbocycles. The molecule has 0 spiro atoms. The van der Waals surface area contributed by atoms with Gasteiger partial charge in [-0.05, 0) is 12.1 Å². The molecule has 2 amide bonds. The smallest absolute Gasteiger partial charge is 0.382 e. The van der Waals surface area contributed by atoms with E-state index in [1.54, 1.807) is 5.32 Å². The van der Waals surface area contributed by atoms with Gasteiger partial charge < -0.3 is 15.7 Å². The summed E-state index contributed by atoms with van der Waals surface area (Å²) in [6, 6.07) is 4.13.